The van der Waals surface area contributed by atoms with Gasteiger partial charge in [-0.1, -0.05) is 45.0 Å². The fourth-order valence-corrected chi connectivity index (χ4v) is 5.68. The SMILES string of the molecule is CCCS(=O)(=O)N1CCCC(NC(=O)[C@H](CC(C)C)NC(=O)c2ccc3ccccc3n2)C(=O)C1. The predicted octanol–water partition coefficient (Wildman–Crippen LogP) is 2.27. The molecule has 0 radical (unpaired) electrons. The van der Waals surface area contributed by atoms with Crippen molar-refractivity contribution in [3.63, 3.8) is 0 Å². The molecule has 190 valence electrons. The first-order chi connectivity index (χ1) is 16.6. The maximum atomic E-state index is 13.1. The lowest BCUT2D eigenvalue weighted by Crippen LogP contribution is -2.52. The number of nitrogens with one attached hydrogen (secondary N) is 2. The number of carbonyl (C=O) groups excluding carboxylic acids is 3. The number of rotatable bonds is 9. The van der Waals surface area contributed by atoms with Crippen molar-refractivity contribution in [1.82, 2.24) is 19.9 Å². The van der Waals surface area contributed by atoms with E-state index in [-0.39, 0.29) is 36.2 Å². The second kappa shape index (κ2) is 11.7. The van der Waals surface area contributed by atoms with Gasteiger partial charge >= 0.3 is 0 Å². The van der Waals surface area contributed by atoms with Gasteiger partial charge in [-0.25, -0.2) is 13.4 Å². The van der Waals surface area contributed by atoms with Gasteiger partial charge in [0.15, 0.2) is 5.78 Å². The highest BCUT2D eigenvalue weighted by molar-refractivity contribution is 7.89. The number of sulfonamides is 1. The van der Waals surface area contributed by atoms with E-state index in [1.54, 1.807) is 19.1 Å². The number of para-hydroxylation sites is 1. The zero-order valence-electron chi connectivity index (χ0n) is 20.5. The number of hydrogen-bond acceptors (Lipinski definition) is 6. The van der Waals surface area contributed by atoms with E-state index in [1.165, 1.54) is 4.31 Å². The van der Waals surface area contributed by atoms with Gasteiger partial charge in [0.05, 0.1) is 23.9 Å². The molecule has 2 N–H and O–H groups in total. The summed E-state index contributed by atoms with van der Waals surface area (Å²) in [5.74, 6) is -1.18. The fourth-order valence-electron chi connectivity index (χ4n) is 4.17. The van der Waals surface area contributed by atoms with Crippen LogP contribution in [0.5, 0.6) is 0 Å². The number of carbonyl (C=O) groups is 3. The van der Waals surface area contributed by atoms with Gasteiger partial charge in [0.25, 0.3) is 5.91 Å². The first kappa shape index (κ1) is 26.7. The van der Waals surface area contributed by atoms with Crippen LogP contribution in [0.25, 0.3) is 10.9 Å². The summed E-state index contributed by atoms with van der Waals surface area (Å²) in [6.45, 7) is 5.65. The molecule has 2 heterocycles. The molecule has 1 aliphatic heterocycles. The summed E-state index contributed by atoms with van der Waals surface area (Å²) >= 11 is 0. The molecule has 0 saturated carbocycles. The smallest absolute Gasteiger partial charge is 0.270 e. The molecule has 1 fully saturated rings. The Morgan fingerprint density at radius 2 is 1.91 bits per heavy atom. The number of hydrogen-bond donors (Lipinski definition) is 2. The Bertz CT molecular complexity index is 1180. The van der Waals surface area contributed by atoms with Gasteiger partial charge in [-0.3, -0.25) is 14.4 Å². The molecule has 0 bridgehead atoms. The second-order valence-corrected chi connectivity index (χ2v) is 11.5. The molecule has 1 aromatic heterocycles. The van der Waals surface area contributed by atoms with Crippen LogP contribution in [0.15, 0.2) is 36.4 Å². The van der Waals surface area contributed by atoms with Gasteiger partial charge in [0.1, 0.15) is 11.7 Å². The summed E-state index contributed by atoms with van der Waals surface area (Å²) in [7, 11) is -3.50. The van der Waals surface area contributed by atoms with Crippen molar-refractivity contribution < 1.29 is 22.8 Å². The van der Waals surface area contributed by atoms with Crippen LogP contribution < -0.4 is 10.6 Å². The van der Waals surface area contributed by atoms with E-state index in [2.05, 4.69) is 15.6 Å². The number of ketones is 1. The van der Waals surface area contributed by atoms with Gasteiger partial charge in [0.2, 0.25) is 15.9 Å². The molecule has 1 saturated heterocycles. The fraction of sp³-hybridized carbons (Fsp3) is 0.520. The standard InChI is InChI=1S/C25H34N4O5S/c1-4-14-35(33,34)29-13-7-10-20(23(30)16-29)27-25(32)22(15-17(2)3)28-24(31)21-12-11-18-8-5-6-9-19(18)26-21/h5-6,8-9,11-12,17,20,22H,4,7,10,13-16H2,1-3H3,(H,27,32)(H,28,31)/t20?,22-/m0/s1. The number of benzene rings is 1. The molecule has 1 aromatic carbocycles. The van der Waals surface area contributed by atoms with E-state index in [1.807, 2.05) is 38.1 Å². The van der Waals surface area contributed by atoms with Crippen LogP contribution in [0.3, 0.4) is 0 Å². The quantitative estimate of drug-likeness (QED) is 0.542. The largest absolute Gasteiger partial charge is 0.344 e. The molecule has 2 atom stereocenters. The zero-order valence-corrected chi connectivity index (χ0v) is 21.3. The minimum Gasteiger partial charge on any atom is -0.344 e. The summed E-state index contributed by atoms with van der Waals surface area (Å²) < 4.78 is 26.0. The number of pyridine rings is 1. The van der Waals surface area contributed by atoms with Crippen LogP contribution in [0, 0.1) is 5.92 Å². The van der Waals surface area contributed by atoms with Gasteiger partial charge in [-0.15, -0.1) is 0 Å². The Hall–Kier alpha value is -2.85. The lowest BCUT2D eigenvalue weighted by molar-refractivity contribution is -0.129. The van der Waals surface area contributed by atoms with Crippen molar-refractivity contribution >= 4 is 38.5 Å². The molecule has 0 aliphatic carbocycles. The average Bonchev–Trinajstić information content (AvgIpc) is 2.99. The molecule has 0 spiro atoms. The highest BCUT2D eigenvalue weighted by Crippen LogP contribution is 2.15. The summed E-state index contributed by atoms with van der Waals surface area (Å²) in [5.41, 5.74) is 0.879. The van der Waals surface area contributed by atoms with Crippen LogP contribution in [0.1, 0.15) is 56.9 Å². The lowest BCUT2D eigenvalue weighted by Gasteiger charge is -2.23. The van der Waals surface area contributed by atoms with E-state index in [0.717, 1.165) is 5.39 Å². The molecule has 2 aromatic rings. The highest BCUT2D eigenvalue weighted by atomic mass is 32.2. The van der Waals surface area contributed by atoms with Crippen molar-refractivity contribution in [2.24, 2.45) is 5.92 Å². The Morgan fingerprint density at radius 3 is 2.63 bits per heavy atom. The number of nitrogens with zero attached hydrogens (tertiary/aromatic N) is 2. The topological polar surface area (TPSA) is 126 Å². The summed E-state index contributed by atoms with van der Waals surface area (Å²) in [6, 6.07) is 9.20. The van der Waals surface area contributed by atoms with Crippen molar-refractivity contribution in [2.75, 3.05) is 18.8 Å². The van der Waals surface area contributed by atoms with Gasteiger partial charge < -0.3 is 10.6 Å². The van der Waals surface area contributed by atoms with Crippen molar-refractivity contribution in [2.45, 2.75) is 58.5 Å². The molecule has 2 amide bonds. The predicted molar refractivity (Wildman–Crippen MR) is 134 cm³/mol. The molecule has 1 unspecified atom stereocenters. The third-order valence-electron chi connectivity index (χ3n) is 5.95. The van der Waals surface area contributed by atoms with Crippen LogP contribution in [-0.2, 0) is 19.6 Å². The normalized spacial score (nSPS) is 18.3. The third kappa shape index (κ3) is 7.08. The second-order valence-electron chi connectivity index (χ2n) is 9.36. The Labute approximate surface area is 206 Å². The molecular weight excluding hydrogens is 468 g/mol. The average molecular weight is 503 g/mol. The maximum absolute atomic E-state index is 13.1. The highest BCUT2D eigenvalue weighted by Gasteiger charge is 2.33. The maximum Gasteiger partial charge on any atom is 0.270 e. The first-order valence-electron chi connectivity index (χ1n) is 12.1. The van der Waals surface area contributed by atoms with Gasteiger partial charge in [0, 0.05) is 11.9 Å². The third-order valence-corrected chi connectivity index (χ3v) is 7.98. The van der Waals surface area contributed by atoms with Crippen LogP contribution in [0.4, 0.5) is 0 Å². The first-order valence-corrected chi connectivity index (χ1v) is 13.7. The van der Waals surface area contributed by atoms with Crippen molar-refractivity contribution in [3.05, 3.63) is 42.1 Å². The summed E-state index contributed by atoms with van der Waals surface area (Å²) in [5, 5.41) is 6.43. The van der Waals surface area contributed by atoms with Crippen LogP contribution in [0.2, 0.25) is 0 Å². The van der Waals surface area contributed by atoms with Crippen molar-refractivity contribution in [3.8, 4) is 0 Å². The van der Waals surface area contributed by atoms with Gasteiger partial charge in [-0.05, 0) is 43.7 Å². The number of fused-ring (bicyclic) bond motifs is 1. The summed E-state index contributed by atoms with van der Waals surface area (Å²) in [6.07, 6.45) is 1.65. The van der Waals surface area contributed by atoms with E-state index in [0.29, 0.717) is 31.2 Å². The monoisotopic (exact) mass is 502 g/mol. The number of amides is 2. The molecule has 1 aliphatic rings. The molecule has 9 nitrogen and oxygen atoms in total. The Balaban J connectivity index is 1.70. The minimum absolute atomic E-state index is 0.0113. The Kier molecular flexibility index (Phi) is 8.96. The molecule has 35 heavy (non-hydrogen) atoms. The van der Waals surface area contributed by atoms with Crippen molar-refractivity contribution in [1.29, 1.82) is 0 Å². The minimum atomic E-state index is -3.50. The summed E-state index contributed by atoms with van der Waals surface area (Å²) in [4.78, 5) is 43.3. The van der Waals surface area contributed by atoms with Crippen LogP contribution in [-0.4, -0.2) is 66.2 Å². The lowest BCUT2D eigenvalue weighted by atomic mass is 10.0. The van der Waals surface area contributed by atoms with E-state index >= 15 is 0 Å². The van der Waals surface area contributed by atoms with E-state index in [9.17, 15) is 22.8 Å². The molecule has 10 heteroatoms. The van der Waals surface area contributed by atoms with E-state index < -0.39 is 33.9 Å². The molecular formula is C25H34N4O5S. The molecule has 3 rings (SSSR count). The van der Waals surface area contributed by atoms with Gasteiger partial charge in [-0.2, -0.15) is 4.31 Å². The number of Topliss-reactive ketones (excluding diaryl/α,β-unsaturated/α-hetero) is 1. The van der Waals surface area contributed by atoms with E-state index in [4.69, 9.17) is 0 Å². The zero-order chi connectivity index (χ0) is 25.6. The van der Waals surface area contributed by atoms with Crippen LogP contribution >= 0.6 is 0 Å². The Morgan fingerprint density at radius 1 is 1.17 bits per heavy atom. The number of aromatic nitrogens is 1.